The third-order valence-electron chi connectivity index (χ3n) is 4.65. The SMILES string of the molecule is CCCCCOc1ccc(-c2n[nH]c(=O)cc2N/N=C/c2cc(O)c(O)c(OC)c2)cc1. The van der Waals surface area contributed by atoms with Crippen molar-refractivity contribution in [1.29, 1.82) is 0 Å². The first-order valence-corrected chi connectivity index (χ1v) is 10.2. The summed E-state index contributed by atoms with van der Waals surface area (Å²) in [5.41, 5.74) is 4.58. The van der Waals surface area contributed by atoms with Crippen LogP contribution < -0.4 is 20.5 Å². The molecule has 0 unspecified atom stereocenters. The van der Waals surface area contributed by atoms with Crippen LogP contribution in [0.25, 0.3) is 11.3 Å². The molecule has 0 aliphatic carbocycles. The number of nitrogens with one attached hydrogen (secondary N) is 2. The Bertz CT molecular complexity index is 1130. The second kappa shape index (κ2) is 10.9. The van der Waals surface area contributed by atoms with Crippen molar-refractivity contribution in [3.05, 3.63) is 58.4 Å². The highest BCUT2D eigenvalue weighted by atomic mass is 16.5. The zero-order valence-electron chi connectivity index (χ0n) is 18.0. The third kappa shape index (κ3) is 5.78. The number of aromatic nitrogens is 2. The van der Waals surface area contributed by atoms with Crippen LogP contribution >= 0.6 is 0 Å². The molecule has 0 amide bonds. The number of ether oxygens (including phenoxy) is 2. The predicted octanol–water partition coefficient (Wildman–Crippen LogP) is 3.87. The van der Waals surface area contributed by atoms with E-state index in [1.165, 1.54) is 31.5 Å². The maximum atomic E-state index is 11.8. The lowest BCUT2D eigenvalue weighted by Gasteiger charge is -2.09. The van der Waals surface area contributed by atoms with Crippen LogP contribution in [0, 0.1) is 0 Å². The molecule has 1 aromatic heterocycles. The second-order valence-corrected chi connectivity index (χ2v) is 7.04. The Kier molecular flexibility index (Phi) is 7.69. The molecular formula is C23H26N4O5. The number of anilines is 1. The van der Waals surface area contributed by atoms with E-state index in [9.17, 15) is 15.0 Å². The largest absolute Gasteiger partial charge is 0.504 e. The van der Waals surface area contributed by atoms with Crippen molar-refractivity contribution in [3.8, 4) is 34.3 Å². The number of hydrazone groups is 1. The van der Waals surface area contributed by atoms with Gasteiger partial charge in [-0.2, -0.15) is 10.2 Å². The number of unbranched alkanes of at least 4 members (excludes halogenated alkanes) is 2. The minimum atomic E-state index is -0.383. The maximum Gasteiger partial charge on any atom is 0.266 e. The number of aromatic amines is 1. The van der Waals surface area contributed by atoms with Crippen LogP contribution in [0.2, 0.25) is 0 Å². The molecule has 0 atom stereocenters. The van der Waals surface area contributed by atoms with E-state index < -0.39 is 0 Å². The summed E-state index contributed by atoms with van der Waals surface area (Å²) in [6, 6.07) is 11.6. The van der Waals surface area contributed by atoms with Crippen LogP contribution in [0.3, 0.4) is 0 Å². The molecule has 0 fully saturated rings. The summed E-state index contributed by atoms with van der Waals surface area (Å²) in [4.78, 5) is 11.8. The zero-order chi connectivity index (χ0) is 22.9. The Hall–Kier alpha value is -4.01. The van der Waals surface area contributed by atoms with E-state index >= 15 is 0 Å². The third-order valence-corrected chi connectivity index (χ3v) is 4.65. The molecule has 3 aromatic rings. The van der Waals surface area contributed by atoms with Gasteiger partial charge in [0, 0.05) is 17.2 Å². The molecule has 9 nitrogen and oxygen atoms in total. The van der Waals surface area contributed by atoms with Gasteiger partial charge in [0.05, 0.1) is 25.6 Å². The van der Waals surface area contributed by atoms with Crippen molar-refractivity contribution >= 4 is 11.9 Å². The van der Waals surface area contributed by atoms with E-state index in [4.69, 9.17) is 9.47 Å². The van der Waals surface area contributed by atoms with Gasteiger partial charge in [-0.3, -0.25) is 10.2 Å². The molecule has 168 valence electrons. The number of phenols is 2. The number of nitrogens with zero attached hydrogens (tertiary/aromatic N) is 2. The van der Waals surface area contributed by atoms with Gasteiger partial charge in [-0.05, 0) is 42.8 Å². The lowest BCUT2D eigenvalue weighted by atomic mass is 10.1. The average molecular weight is 438 g/mol. The Balaban J connectivity index is 1.76. The van der Waals surface area contributed by atoms with E-state index in [2.05, 4.69) is 27.6 Å². The van der Waals surface area contributed by atoms with Gasteiger partial charge in [-0.1, -0.05) is 19.8 Å². The number of benzene rings is 2. The van der Waals surface area contributed by atoms with Crippen LogP contribution in [0.15, 0.2) is 52.4 Å². The van der Waals surface area contributed by atoms with Crippen molar-refractivity contribution < 1.29 is 19.7 Å². The summed E-state index contributed by atoms with van der Waals surface area (Å²) in [5.74, 6) is 0.197. The molecule has 9 heteroatoms. The lowest BCUT2D eigenvalue weighted by molar-refractivity contribution is 0.306. The molecule has 2 aromatic carbocycles. The molecule has 4 N–H and O–H groups in total. The molecule has 0 saturated heterocycles. The van der Waals surface area contributed by atoms with Gasteiger partial charge >= 0.3 is 0 Å². The fraction of sp³-hybridized carbons (Fsp3) is 0.261. The van der Waals surface area contributed by atoms with Gasteiger partial charge in [0.2, 0.25) is 5.75 Å². The van der Waals surface area contributed by atoms with Gasteiger partial charge in [-0.15, -0.1) is 0 Å². The molecule has 0 saturated carbocycles. The predicted molar refractivity (Wildman–Crippen MR) is 123 cm³/mol. The van der Waals surface area contributed by atoms with E-state index in [1.54, 1.807) is 0 Å². The highest BCUT2D eigenvalue weighted by Gasteiger charge is 2.10. The number of methoxy groups -OCH3 is 1. The molecule has 0 aliphatic rings. The van der Waals surface area contributed by atoms with Gasteiger partial charge in [-0.25, -0.2) is 5.10 Å². The number of rotatable bonds is 10. The standard InChI is InChI=1S/C23H26N4O5/c1-3-4-5-10-32-17-8-6-16(7-9-17)22-18(13-21(29)26-27-22)25-24-14-15-11-19(28)23(30)20(12-15)31-2/h6-9,11-14,28,30H,3-5,10H2,1-2H3,(H2,25,26,29)/b24-14+. The van der Waals surface area contributed by atoms with Crippen LogP contribution in [-0.4, -0.2) is 40.3 Å². The summed E-state index contributed by atoms with van der Waals surface area (Å²) in [6.45, 7) is 2.82. The van der Waals surface area contributed by atoms with Gasteiger partial charge in [0.1, 0.15) is 11.4 Å². The fourth-order valence-electron chi connectivity index (χ4n) is 2.98. The van der Waals surface area contributed by atoms with E-state index in [0.717, 1.165) is 30.6 Å². The second-order valence-electron chi connectivity index (χ2n) is 7.04. The number of phenolic OH excluding ortho intramolecular Hbond substituents is 2. The highest BCUT2D eigenvalue weighted by Crippen LogP contribution is 2.35. The summed E-state index contributed by atoms with van der Waals surface area (Å²) < 4.78 is 10.7. The number of aromatic hydroxyl groups is 2. The van der Waals surface area contributed by atoms with Crippen LogP contribution in [0.5, 0.6) is 23.0 Å². The number of hydrogen-bond donors (Lipinski definition) is 4. The summed E-state index contributed by atoms with van der Waals surface area (Å²) in [7, 11) is 1.38. The topological polar surface area (TPSA) is 129 Å². The average Bonchev–Trinajstić information content (AvgIpc) is 2.79. The van der Waals surface area contributed by atoms with Crippen molar-refractivity contribution in [3.63, 3.8) is 0 Å². The van der Waals surface area contributed by atoms with E-state index in [-0.39, 0.29) is 22.8 Å². The molecular weight excluding hydrogens is 412 g/mol. The van der Waals surface area contributed by atoms with Crippen molar-refractivity contribution in [1.82, 2.24) is 10.2 Å². The molecule has 0 radical (unpaired) electrons. The lowest BCUT2D eigenvalue weighted by Crippen LogP contribution is -2.10. The first kappa shape index (κ1) is 22.7. The van der Waals surface area contributed by atoms with Crippen molar-refractivity contribution in [2.24, 2.45) is 5.10 Å². The minimum Gasteiger partial charge on any atom is -0.504 e. The smallest absolute Gasteiger partial charge is 0.266 e. The van der Waals surface area contributed by atoms with Gasteiger partial charge < -0.3 is 19.7 Å². The summed E-state index contributed by atoms with van der Waals surface area (Å²) >= 11 is 0. The van der Waals surface area contributed by atoms with E-state index in [0.29, 0.717) is 23.6 Å². The Morgan fingerprint density at radius 3 is 2.66 bits per heavy atom. The first-order chi connectivity index (χ1) is 15.5. The molecule has 3 rings (SSSR count). The maximum absolute atomic E-state index is 11.8. The summed E-state index contributed by atoms with van der Waals surface area (Å²) in [6.07, 6.45) is 4.70. The number of hydrogen-bond acceptors (Lipinski definition) is 8. The quantitative estimate of drug-likeness (QED) is 0.164. The van der Waals surface area contributed by atoms with Crippen LogP contribution in [0.4, 0.5) is 5.69 Å². The zero-order valence-corrected chi connectivity index (χ0v) is 18.0. The first-order valence-electron chi connectivity index (χ1n) is 10.2. The summed E-state index contributed by atoms with van der Waals surface area (Å²) in [5, 5.41) is 30.2. The van der Waals surface area contributed by atoms with Crippen LogP contribution in [0.1, 0.15) is 31.7 Å². The normalized spacial score (nSPS) is 10.9. The van der Waals surface area contributed by atoms with Crippen molar-refractivity contribution in [2.45, 2.75) is 26.2 Å². The molecule has 0 aliphatic heterocycles. The Morgan fingerprint density at radius 2 is 1.94 bits per heavy atom. The van der Waals surface area contributed by atoms with Gasteiger partial charge in [0.15, 0.2) is 11.5 Å². The van der Waals surface area contributed by atoms with E-state index in [1.807, 2.05) is 24.3 Å². The number of H-pyrrole nitrogens is 1. The monoisotopic (exact) mass is 438 g/mol. The Morgan fingerprint density at radius 1 is 1.16 bits per heavy atom. The Labute approximate surface area is 185 Å². The molecule has 32 heavy (non-hydrogen) atoms. The highest BCUT2D eigenvalue weighted by molar-refractivity contribution is 5.83. The minimum absolute atomic E-state index is 0.113. The fourth-order valence-corrected chi connectivity index (χ4v) is 2.98. The van der Waals surface area contributed by atoms with Crippen molar-refractivity contribution in [2.75, 3.05) is 19.1 Å². The van der Waals surface area contributed by atoms with Gasteiger partial charge in [0.25, 0.3) is 5.56 Å². The molecule has 1 heterocycles. The molecule has 0 bridgehead atoms. The molecule has 0 spiro atoms. The van der Waals surface area contributed by atoms with Crippen LogP contribution in [-0.2, 0) is 0 Å².